The summed E-state index contributed by atoms with van der Waals surface area (Å²) in [6.45, 7) is 0. The van der Waals surface area contributed by atoms with Crippen molar-refractivity contribution in [1.82, 2.24) is 4.98 Å². The van der Waals surface area contributed by atoms with Crippen LogP contribution in [0.1, 0.15) is 11.3 Å². The maximum absolute atomic E-state index is 11.9. The molecule has 0 aliphatic heterocycles. The standard InChI is InChI=1S/C8H4ClF3N2O/c9-2-6-1-7(15-8(10,11)12)5(3-13)4-14-6/h1,4H,2H2. The quantitative estimate of drug-likeness (QED) is 0.742. The molecule has 1 heterocycles. The van der Waals surface area contributed by atoms with Gasteiger partial charge in [0.2, 0.25) is 0 Å². The highest BCUT2D eigenvalue weighted by atomic mass is 35.5. The van der Waals surface area contributed by atoms with Crippen LogP contribution in [0, 0.1) is 11.3 Å². The van der Waals surface area contributed by atoms with Crippen LogP contribution in [-0.2, 0) is 5.88 Å². The molecule has 1 aromatic rings. The average Bonchev–Trinajstić information content (AvgIpc) is 2.15. The van der Waals surface area contributed by atoms with Crippen molar-refractivity contribution in [3.8, 4) is 11.8 Å². The fourth-order valence-corrected chi connectivity index (χ4v) is 0.990. The maximum atomic E-state index is 11.9. The summed E-state index contributed by atoms with van der Waals surface area (Å²) in [5.41, 5.74) is -0.0869. The Bertz CT molecular complexity index is 400. The predicted molar refractivity (Wildman–Crippen MR) is 45.2 cm³/mol. The lowest BCUT2D eigenvalue weighted by Crippen LogP contribution is -2.18. The van der Waals surface area contributed by atoms with Crippen molar-refractivity contribution in [2.45, 2.75) is 12.2 Å². The zero-order valence-corrected chi connectivity index (χ0v) is 7.93. The molecule has 7 heteroatoms. The monoisotopic (exact) mass is 236 g/mol. The van der Waals surface area contributed by atoms with E-state index in [1.807, 2.05) is 0 Å². The Hall–Kier alpha value is -1.48. The smallest absolute Gasteiger partial charge is 0.404 e. The lowest BCUT2D eigenvalue weighted by atomic mass is 10.2. The second-order valence-electron chi connectivity index (χ2n) is 2.47. The van der Waals surface area contributed by atoms with E-state index < -0.39 is 12.1 Å². The van der Waals surface area contributed by atoms with Gasteiger partial charge >= 0.3 is 6.36 Å². The van der Waals surface area contributed by atoms with E-state index >= 15 is 0 Å². The van der Waals surface area contributed by atoms with E-state index in [2.05, 4.69) is 9.72 Å². The van der Waals surface area contributed by atoms with Gasteiger partial charge in [0.05, 0.1) is 11.6 Å². The highest BCUT2D eigenvalue weighted by Crippen LogP contribution is 2.26. The summed E-state index contributed by atoms with van der Waals surface area (Å²) in [6.07, 6.45) is -3.85. The molecule has 0 amide bonds. The van der Waals surface area contributed by atoms with Gasteiger partial charge in [-0.3, -0.25) is 4.98 Å². The fraction of sp³-hybridized carbons (Fsp3) is 0.250. The molecule has 0 fully saturated rings. The summed E-state index contributed by atoms with van der Waals surface area (Å²) < 4.78 is 39.4. The Morgan fingerprint density at radius 3 is 2.67 bits per heavy atom. The van der Waals surface area contributed by atoms with Crippen molar-refractivity contribution < 1.29 is 17.9 Å². The van der Waals surface area contributed by atoms with Gasteiger partial charge in [0.25, 0.3) is 0 Å². The van der Waals surface area contributed by atoms with Crippen LogP contribution in [0.15, 0.2) is 12.3 Å². The van der Waals surface area contributed by atoms with Gasteiger partial charge in [-0.1, -0.05) is 0 Å². The Morgan fingerprint density at radius 1 is 1.53 bits per heavy atom. The lowest BCUT2D eigenvalue weighted by molar-refractivity contribution is -0.274. The molecular formula is C8H4ClF3N2O. The molecule has 0 aliphatic carbocycles. The Labute approximate surface area is 88.1 Å². The summed E-state index contributed by atoms with van der Waals surface area (Å²) in [5.74, 6) is -0.643. The van der Waals surface area contributed by atoms with Crippen LogP contribution >= 0.6 is 11.6 Å². The summed E-state index contributed by atoms with van der Waals surface area (Å²) in [6, 6.07) is 2.52. The Balaban J connectivity index is 3.08. The van der Waals surface area contributed by atoms with Crippen molar-refractivity contribution in [2.75, 3.05) is 0 Å². The van der Waals surface area contributed by atoms with Gasteiger partial charge in [-0.25, -0.2) is 0 Å². The minimum atomic E-state index is -4.84. The molecule has 0 spiro atoms. The van der Waals surface area contributed by atoms with Crippen molar-refractivity contribution in [2.24, 2.45) is 0 Å². The van der Waals surface area contributed by atoms with Crippen LogP contribution in [0.5, 0.6) is 5.75 Å². The van der Waals surface area contributed by atoms with Gasteiger partial charge in [0.15, 0.2) is 5.75 Å². The van der Waals surface area contributed by atoms with E-state index in [-0.39, 0.29) is 17.1 Å². The zero-order valence-electron chi connectivity index (χ0n) is 7.18. The molecule has 0 unspecified atom stereocenters. The van der Waals surface area contributed by atoms with Crippen LogP contribution in [0.25, 0.3) is 0 Å². The first-order chi connectivity index (χ1) is 6.96. The summed E-state index contributed by atoms with van der Waals surface area (Å²) >= 11 is 5.38. The molecule has 0 saturated heterocycles. The first kappa shape index (κ1) is 11.6. The molecule has 15 heavy (non-hydrogen) atoms. The first-order valence-corrected chi connectivity index (χ1v) is 4.20. The molecule has 0 atom stereocenters. The number of halogens is 4. The van der Waals surface area contributed by atoms with Crippen molar-refractivity contribution in [3.05, 3.63) is 23.5 Å². The van der Waals surface area contributed by atoms with Gasteiger partial charge in [-0.15, -0.1) is 24.8 Å². The van der Waals surface area contributed by atoms with E-state index in [1.54, 1.807) is 0 Å². The SMILES string of the molecule is N#Cc1cnc(CCl)cc1OC(F)(F)F. The molecule has 3 nitrogen and oxygen atoms in total. The number of rotatable bonds is 2. The molecule has 1 aromatic heterocycles. The van der Waals surface area contributed by atoms with Crippen LogP contribution in [-0.4, -0.2) is 11.3 Å². The number of ether oxygens (including phenoxy) is 1. The molecular weight excluding hydrogens is 233 g/mol. The maximum Gasteiger partial charge on any atom is 0.573 e. The number of nitrogens with zero attached hydrogens (tertiary/aromatic N) is 2. The van der Waals surface area contributed by atoms with Gasteiger partial charge in [-0.2, -0.15) is 5.26 Å². The number of nitriles is 1. The summed E-state index contributed by atoms with van der Waals surface area (Å²) in [4.78, 5) is 3.66. The Kier molecular flexibility index (Phi) is 3.37. The minimum Gasteiger partial charge on any atom is -0.404 e. The van der Waals surface area contributed by atoms with Gasteiger partial charge < -0.3 is 4.74 Å². The third-order valence-electron chi connectivity index (χ3n) is 1.41. The number of hydrogen-bond donors (Lipinski definition) is 0. The van der Waals surface area contributed by atoms with Crippen LogP contribution in [0.2, 0.25) is 0 Å². The Morgan fingerprint density at radius 2 is 2.20 bits per heavy atom. The molecule has 0 aliphatic rings. The topological polar surface area (TPSA) is 45.9 Å². The van der Waals surface area contributed by atoms with Crippen molar-refractivity contribution in [3.63, 3.8) is 0 Å². The van der Waals surface area contributed by atoms with E-state index in [9.17, 15) is 13.2 Å². The molecule has 0 N–H and O–H groups in total. The second kappa shape index (κ2) is 4.36. The van der Waals surface area contributed by atoms with E-state index in [0.29, 0.717) is 0 Å². The molecule has 0 radical (unpaired) electrons. The number of alkyl halides is 4. The lowest BCUT2D eigenvalue weighted by Gasteiger charge is -2.10. The van der Waals surface area contributed by atoms with Gasteiger partial charge in [0.1, 0.15) is 11.6 Å². The number of pyridine rings is 1. The highest BCUT2D eigenvalue weighted by molar-refractivity contribution is 6.16. The van der Waals surface area contributed by atoms with E-state index in [0.717, 1.165) is 12.3 Å². The van der Waals surface area contributed by atoms with Gasteiger partial charge in [-0.05, 0) is 0 Å². The normalized spacial score (nSPS) is 10.9. The molecule has 0 saturated carbocycles. The van der Waals surface area contributed by atoms with Crippen molar-refractivity contribution >= 4 is 11.6 Å². The average molecular weight is 237 g/mol. The van der Waals surface area contributed by atoms with Crippen LogP contribution in [0.4, 0.5) is 13.2 Å². The first-order valence-electron chi connectivity index (χ1n) is 3.67. The summed E-state index contributed by atoms with van der Waals surface area (Å²) in [5, 5.41) is 8.51. The third kappa shape index (κ3) is 3.29. The second-order valence-corrected chi connectivity index (χ2v) is 2.73. The molecule has 0 bridgehead atoms. The molecule has 80 valence electrons. The van der Waals surface area contributed by atoms with Gasteiger partial charge in [0, 0.05) is 12.3 Å². The highest BCUT2D eigenvalue weighted by Gasteiger charge is 2.32. The zero-order chi connectivity index (χ0) is 11.5. The number of hydrogen-bond acceptors (Lipinski definition) is 3. The predicted octanol–water partition coefficient (Wildman–Crippen LogP) is 2.59. The largest absolute Gasteiger partial charge is 0.573 e. The van der Waals surface area contributed by atoms with Crippen molar-refractivity contribution in [1.29, 1.82) is 5.26 Å². The summed E-state index contributed by atoms with van der Waals surface area (Å²) in [7, 11) is 0. The van der Waals surface area contributed by atoms with E-state index in [4.69, 9.17) is 16.9 Å². The van der Waals surface area contributed by atoms with Crippen LogP contribution < -0.4 is 4.74 Å². The molecule has 1 rings (SSSR count). The molecule has 0 aromatic carbocycles. The van der Waals surface area contributed by atoms with Crippen LogP contribution in [0.3, 0.4) is 0 Å². The minimum absolute atomic E-state index is 0.0556. The fourth-order valence-electron chi connectivity index (χ4n) is 0.844. The number of aromatic nitrogens is 1. The van der Waals surface area contributed by atoms with E-state index in [1.165, 1.54) is 6.07 Å². The third-order valence-corrected chi connectivity index (χ3v) is 1.68.